The molecule has 0 bridgehead atoms. The van der Waals surface area contributed by atoms with Gasteiger partial charge in [0.2, 0.25) is 5.91 Å². The van der Waals surface area contributed by atoms with Crippen molar-refractivity contribution in [2.45, 2.75) is 25.3 Å². The Morgan fingerprint density at radius 2 is 2.00 bits per heavy atom. The lowest BCUT2D eigenvalue weighted by molar-refractivity contribution is -0.120. The van der Waals surface area contributed by atoms with E-state index in [2.05, 4.69) is 5.32 Å². The van der Waals surface area contributed by atoms with Crippen molar-refractivity contribution in [3.8, 4) is 0 Å². The lowest BCUT2D eigenvalue weighted by atomic mass is 10.0. The van der Waals surface area contributed by atoms with Gasteiger partial charge < -0.3 is 11.1 Å². The van der Waals surface area contributed by atoms with Gasteiger partial charge in [-0.25, -0.2) is 8.78 Å². The molecule has 1 saturated carbocycles. The molecule has 3 nitrogen and oxygen atoms in total. The van der Waals surface area contributed by atoms with E-state index in [4.69, 9.17) is 5.73 Å². The standard InChI is InChI=1S/C12H14F2N2O.ClH/c13-9-5-4-7(6-10(9)14)16-12(17)8-2-1-3-11(8)15;/h4-6,8,11H,1-3,15H2,(H,16,17);1H. The fourth-order valence-corrected chi connectivity index (χ4v) is 2.12. The van der Waals surface area contributed by atoms with Crippen molar-refractivity contribution < 1.29 is 13.6 Å². The number of amides is 1. The van der Waals surface area contributed by atoms with E-state index in [9.17, 15) is 13.6 Å². The number of anilines is 1. The SMILES string of the molecule is Cl.NC1CCCC1C(=O)Nc1ccc(F)c(F)c1. The second-order valence-electron chi connectivity index (χ2n) is 4.32. The molecule has 1 aromatic carbocycles. The Balaban J connectivity index is 0.00000162. The van der Waals surface area contributed by atoms with Gasteiger partial charge >= 0.3 is 0 Å². The fraction of sp³-hybridized carbons (Fsp3) is 0.417. The van der Waals surface area contributed by atoms with Crippen molar-refractivity contribution in [2.24, 2.45) is 11.7 Å². The average Bonchev–Trinajstić information content (AvgIpc) is 2.70. The first-order chi connectivity index (χ1) is 8.08. The molecule has 1 amide bonds. The molecule has 6 heteroatoms. The Hall–Kier alpha value is -1.20. The molecule has 1 fully saturated rings. The average molecular weight is 277 g/mol. The smallest absolute Gasteiger partial charge is 0.229 e. The molecule has 18 heavy (non-hydrogen) atoms. The Kier molecular flexibility index (Phi) is 5.04. The molecular weight excluding hydrogens is 262 g/mol. The lowest BCUT2D eigenvalue weighted by Crippen LogP contribution is -2.34. The third kappa shape index (κ3) is 3.17. The first-order valence-corrected chi connectivity index (χ1v) is 5.59. The van der Waals surface area contributed by atoms with E-state index >= 15 is 0 Å². The van der Waals surface area contributed by atoms with Crippen molar-refractivity contribution in [1.82, 2.24) is 0 Å². The largest absolute Gasteiger partial charge is 0.327 e. The van der Waals surface area contributed by atoms with Crippen LogP contribution < -0.4 is 11.1 Å². The normalized spacial score (nSPS) is 22.4. The third-order valence-electron chi connectivity index (χ3n) is 3.09. The lowest BCUT2D eigenvalue weighted by Gasteiger charge is -2.15. The van der Waals surface area contributed by atoms with Crippen LogP contribution in [0, 0.1) is 17.6 Å². The van der Waals surface area contributed by atoms with E-state index < -0.39 is 11.6 Å². The van der Waals surface area contributed by atoms with Gasteiger partial charge in [0.15, 0.2) is 11.6 Å². The van der Waals surface area contributed by atoms with Crippen LogP contribution in [-0.4, -0.2) is 11.9 Å². The summed E-state index contributed by atoms with van der Waals surface area (Å²) in [6.07, 6.45) is 2.50. The predicted molar refractivity (Wildman–Crippen MR) is 67.6 cm³/mol. The number of benzene rings is 1. The third-order valence-corrected chi connectivity index (χ3v) is 3.09. The molecule has 0 saturated heterocycles. The highest BCUT2D eigenvalue weighted by molar-refractivity contribution is 5.93. The molecule has 0 spiro atoms. The monoisotopic (exact) mass is 276 g/mol. The maximum Gasteiger partial charge on any atom is 0.229 e. The summed E-state index contributed by atoms with van der Waals surface area (Å²) in [6.45, 7) is 0. The molecule has 2 unspecified atom stereocenters. The molecule has 3 N–H and O–H groups in total. The van der Waals surface area contributed by atoms with Crippen molar-refractivity contribution in [3.63, 3.8) is 0 Å². The molecule has 100 valence electrons. The summed E-state index contributed by atoms with van der Waals surface area (Å²) in [5.74, 6) is -2.36. The summed E-state index contributed by atoms with van der Waals surface area (Å²) in [4.78, 5) is 11.8. The molecular formula is C12H15ClF2N2O. The van der Waals surface area contributed by atoms with Crippen molar-refractivity contribution in [2.75, 3.05) is 5.32 Å². The van der Waals surface area contributed by atoms with Crippen LogP contribution in [0.1, 0.15) is 19.3 Å². The highest BCUT2D eigenvalue weighted by atomic mass is 35.5. The van der Waals surface area contributed by atoms with Crippen LogP contribution >= 0.6 is 12.4 Å². The summed E-state index contributed by atoms with van der Waals surface area (Å²) < 4.78 is 25.6. The maximum absolute atomic E-state index is 12.9. The van der Waals surface area contributed by atoms with E-state index in [0.29, 0.717) is 0 Å². The molecule has 2 atom stereocenters. The van der Waals surface area contributed by atoms with Gasteiger partial charge in [0, 0.05) is 17.8 Å². The van der Waals surface area contributed by atoms with Gasteiger partial charge in [-0.3, -0.25) is 4.79 Å². The Morgan fingerprint density at radius 1 is 1.28 bits per heavy atom. The summed E-state index contributed by atoms with van der Waals surface area (Å²) in [5.41, 5.74) is 6.05. The van der Waals surface area contributed by atoms with E-state index in [1.165, 1.54) is 6.07 Å². The zero-order chi connectivity index (χ0) is 12.4. The molecule has 0 radical (unpaired) electrons. The van der Waals surface area contributed by atoms with Gasteiger partial charge in [0.1, 0.15) is 0 Å². The van der Waals surface area contributed by atoms with Crippen molar-refractivity contribution in [1.29, 1.82) is 0 Å². The maximum atomic E-state index is 12.9. The van der Waals surface area contributed by atoms with Gasteiger partial charge in [-0.2, -0.15) is 0 Å². The Bertz CT molecular complexity index is 442. The molecule has 1 aliphatic rings. The fourth-order valence-electron chi connectivity index (χ4n) is 2.12. The van der Waals surface area contributed by atoms with E-state index in [-0.39, 0.29) is 36.0 Å². The van der Waals surface area contributed by atoms with Gasteiger partial charge in [-0.15, -0.1) is 12.4 Å². The Labute approximate surface area is 110 Å². The van der Waals surface area contributed by atoms with Crippen LogP contribution in [0.2, 0.25) is 0 Å². The van der Waals surface area contributed by atoms with E-state index in [1.807, 2.05) is 0 Å². The molecule has 1 aliphatic carbocycles. The molecule has 2 rings (SSSR count). The summed E-state index contributed by atoms with van der Waals surface area (Å²) >= 11 is 0. The number of nitrogens with two attached hydrogens (primary N) is 1. The van der Waals surface area contributed by atoms with Crippen LogP contribution in [0.25, 0.3) is 0 Å². The second-order valence-corrected chi connectivity index (χ2v) is 4.32. The topological polar surface area (TPSA) is 55.1 Å². The first-order valence-electron chi connectivity index (χ1n) is 5.59. The number of hydrogen-bond acceptors (Lipinski definition) is 2. The zero-order valence-corrected chi connectivity index (χ0v) is 10.5. The van der Waals surface area contributed by atoms with Crippen LogP contribution in [0.5, 0.6) is 0 Å². The molecule has 1 aromatic rings. The van der Waals surface area contributed by atoms with Gasteiger partial charge in [0.05, 0.1) is 5.92 Å². The minimum absolute atomic E-state index is 0. The summed E-state index contributed by atoms with van der Waals surface area (Å²) in [6, 6.07) is 3.14. The summed E-state index contributed by atoms with van der Waals surface area (Å²) in [7, 11) is 0. The van der Waals surface area contributed by atoms with E-state index in [1.54, 1.807) is 0 Å². The molecule has 0 aliphatic heterocycles. The van der Waals surface area contributed by atoms with Crippen molar-refractivity contribution >= 4 is 24.0 Å². The minimum Gasteiger partial charge on any atom is -0.327 e. The molecule has 0 aromatic heterocycles. The van der Waals surface area contributed by atoms with Crippen LogP contribution in [0.4, 0.5) is 14.5 Å². The number of halogens is 3. The quantitative estimate of drug-likeness (QED) is 0.872. The minimum atomic E-state index is -0.974. The van der Waals surface area contributed by atoms with Crippen LogP contribution in [-0.2, 0) is 4.79 Å². The first kappa shape index (κ1) is 14.9. The van der Waals surface area contributed by atoms with Gasteiger partial charge in [-0.1, -0.05) is 6.42 Å². The number of carbonyl (C=O) groups is 1. The van der Waals surface area contributed by atoms with E-state index in [0.717, 1.165) is 31.4 Å². The predicted octanol–water partition coefficient (Wildman–Crippen LogP) is 2.45. The Morgan fingerprint density at radius 3 is 2.56 bits per heavy atom. The second kappa shape index (κ2) is 6.11. The van der Waals surface area contributed by atoms with Crippen molar-refractivity contribution in [3.05, 3.63) is 29.8 Å². The summed E-state index contributed by atoms with van der Waals surface area (Å²) in [5, 5.41) is 2.56. The zero-order valence-electron chi connectivity index (χ0n) is 9.66. The number of carbonyl (C=O) groups excluding carboxylic acids is 1. The highest BCUT2D eigenvalue weighted by Gasteiger charge is 2.30. The van der Waals surface area contributed by atoms with Gasteiger partial charge in [-0.05, 0) is 25.0 Å². The number of nitrogens with one attached hydrogen (secondary N) is 1. The highest BCUT2D eigenvalue weighted by Crippen LogP contribution is 2.25. The number of hydrogen-bond donors (Lipinski definition) is 2. The molecule has 0 heterocycles. The van der Waals surface area contributed by atoms with Crippen LogP contribution in [0.3, 0.4) is 0 Å². The van der Waals surface area contributed by atoms with Gasteiger partial charge in [0.25, 0.3) is 0 Å². The van der Waals surface area contributed by atoms with Crippen LogP contribution in [0.15, 0.2) is 18.2 Å². The number of rotatable bonds is 2.